The largest absolute Gasteiger partial charge is 0.469 e. The number of carbonyl (C=O) groups excluding carboxylic acids is 2. The molecular formula is C7H11NO6. The van der Waals surface area contributed by atoms with Crippen LogP contribution in [0.4, 0.5) is 0 Å². The molecule has 0 aromatic heterocycles. The summed E-state index contributed by atoms with van der Waals surface area (Å²) in [6, 6.07) is 0. The van der Waals surface area contributed by atoms with Gasteiger partial charge in [-0.25, -0.2) is 0 Å². The maximum absolute atomic E-state index is 11.0. The van der Waals surface area contributed by atoms with Crippen molar-refractivity contribution in [2.45, 2.75) is 6.42 Å². The summed E-state index contributed by atoms with van der Waals surface area (Å²) in [7, 11) is 2.25. The molecule has 14 heavy (non-hydrogen) atoms. The van der Waals surface area contributed by atoms with Gasteiger partial charge in [0.15, 0.2) is 0 Å². The molecule has 0 saturated carbocycles. The van der Waals surface area contributed by atoms with Crippen LogP contribution in [0.25, 0.3) is 0 Å². The molecule has 0 bridgehead atoms. The number of nitrogens with zero attached hydrogens (tertiary/aromatic N) is 1. The van der Waals surface area contributed by atoms with E-state index in [0.717, 1.165) is 14.2 Å². The second-order valence-corrected chi connectivity index (χ2v) is 2.52. The van der Waals surface area contributed by atoms with E-state index in [0.29, 0.717) is 0 Å². The molecule has 0 radical (unpaired) electrons. The van der Waals surface area contributed by atoms with E-state index in [-0.39, 0.29) is 6.42 Å². The molecule has 0 heterocycles. The predicted octanol–water partition coefficient (Wildman–Crippen LogP) is -0.385. The lowest BCUT2D eigenvalue weighted by Gasteiger charge is -2.08. The molecule has 0 fully saturated rings. The van der Waals surface area contributed by atoms with Crippen LogP contribution in [-0.4, -0.2) is 37.6 Å². The van der Waals surface area contributed by atoms with Gasteiger partial charge in [0.2, 0.25) is 6.54 Å². The van der Waals surface area contributed by atoms with Gasteiger partial charge < -0.3 is 9.47 Å². The van der Waals surface area contributed by atoms with Crippen molar-refractivity contribution < 1.29 is 24.0 Å². The Morgan fingerprint density at radius 3 is 2.29 bits per heavy atom. The van der Waals surface area contributed by atoms with Crippen LogP contribution in [0.3, 0.4) is 0 Å². The third-order valence-electron chi connectivity index (χ3n) is 1.54. The second kappa shape index (κ2) is 5.90. The zero-order chi connectivity index (χ0) is 11.1. The van der Waals surface area contributed by atoms with E-state index in [1.54, 1.807) is 0 Å². The zero-order valence-corrected chi connectivity index (χ0v) is 7.89. The monoisotopic (exact) mass is 205 g/mol. The van der Waals surface area contributed by atoms with Crippen LogP contribution in [0.15, 0.2) is 0 Å². The Hall–Kier alpha value is -1.66. The van der Waals surface area contributed by atoms with Gasteiger partial charge in [0.25, 0.3) is 0 Å². The average molecular weight is 205 g/mol. The summed E-state index contributed by atoms with van der Waals surface area (Å²) in [5.74, 6) is -2.54. The van der Waals surface area contributed by atoms with Crippen molar-refractivity contribution in [3.8, 4) is 0 Å². The van der Waals surface area contributed by atoms with E-state index in [1.165, 1.54) is 0 Å². The van der Waals surface area contributed by atoms with Crippen molar-refractivity contribution in [3.63, 3.8) is 0 Å². The smallest absolute Gasteiger partial charge is 0.315 e. The number of methoxy groups -OCH3 is 2. The minimum Gasteiger partial charge on any atom is -0.469 e. The second-order valence-electron chi connectivity index (χ2n) is 2.52. The summed E-state index contributed by atoms with van der Waals surface area (Å²) < 4.78 is 8.60. The number of rotatable bonds is 5. The molecule has 0 aromatic carbocycles. The van der Waals surface area contributed by atoms with E-state index >= 15 is 0 Å². The fourth-order valence-electron chi connectivity index (χ4n) is 0.854. The van der Waals surface area contributed by atoms with Crippen LogP contribution in [0.5, 0.6) is 0 Å². The van der Waals surface area contributed by atoms with Gasteiger partial charge in [0, 0.05) is 4.92 Å². The van der Waals surface area contributed by atoms with Crippen molar-refractivity contribution in [1.29, 1.82) is 0 Å². The third kappa shape index (κ3) is 4.39. The number of ether oxygens (including phenoxy) is 2. The fourth-order valence-corrected chi connectivity index (χ4v) is 0.854. The van der Waals surface area contributed by atoms with Gasteiger partial charge in [-0.15, -0.1) is 0 Å². The summed E-state index contributed by atoms with van der Waals surface area (Å²) in [4.78, 5) is 31.2. The molecule has 0 amide bonds. The van der Waals surface area contributed by atoms with Crippen molar-refractivity contribution in [3.05, 3.63) is 10.1 Å². The number of hydrogen-bond acceptors (Lipinski definition) is 6. The lowest BCUT2D eigenvalue weighted by atomic mass is 10.1. The van der Waals surface area contributed by atoms with Crippen LogP contribution in [-0.2, 0) is 19.1 Å². The van der Waals surface area contributed by atoms with Crippen molar-refractivity contribution in [1.82, 2.24) is 0 Å². The van der Waals surface area contributed by atoms with Crippen LogP contribution < -0.4 is 0 Å². The summed E-state index contributed by atoms with van der Waals surface area (Å²) >= 11 is 0. The molecule has 80 valence electrons. The van der Waals surface area contributed by atoms with Gasteiger partial charge in [-0.2, -0.15) is 0 Å². The Bertz CT molecular complexity index is 238. The van der Waals surface area contributed by atoms with Crippen molar-refractivity contribution >= 4 is 11.9 Å². The zero-order valence-electron chi connectivity index (χ0n) is 7.89. The van der Waals surface area contributed by atoms with Gasteiger partial charge >= 0.3 is 11.9 Å². The minimum absolute atomic E-state index is 0.343. The van der Waals surface area contributed by atoms with Gasteiger partial charge in [-0.3, -0.25) is 19.7 Å². The molecule has 0 spiro atoms. The first kappa shape index (κ1) is 12.3. The molecule has 0 saturated heterocycles. The summed E-state index contributed by atoms with van der Waals surface area (Å²) in [5.41, 5.74) is 0. The van der Waals surface area contributed by atoms with E-state index in [2.05, 4.69) is 9.47 Å². The van der Waals surface area contributed by atoms with Crippen LogP contribution >= 0.6 is 0 Å². The van der Waals surface area contributed by atoms with Crippen molar-refractivity contribution in [2.24, 2.45) is 5.92 Å². The van der Waals surface area contributed by atoms with E-state index in [9.17, 15) is 19.7 Å². The Balaban J connectivity index is 4.31. The lowest BCUT2D eigenvalue weighted by molar-refractivity contribution is -0.486. The Morgan fingerprint density at radius 1 is 1.36 bits per heavy atom. The molecule has 1 unspecified atom stereocenters. The minimum atomic E-state index is -1.08. The van der Waals surface area contributed by atoms with E-state index in [1.807, 2.05) is 0 Å². The molecule has 7 heteroatoms. The first-order chi connectivity index (χ1) is 6.51. The highest BCUT2D eigenvalue weighted by Crippen LogP contribution is 2.07. The highest BCUT2D eigenvalue weighted by molar-refractivity contribution is 5.79. The van der Waals surface area contributed by atoms with Gasteiger partial charge in [0.05, 0.1) is 20.6 Å². The number of hydrogen-bond donors (Lipinski definition) is 0. The molecule has 0 aliphatic carbocycles. The molecule has 7 nitrogen and oxygen atoms in total. The summed E-state index contributed by atoms with van der Waals surface area (Å²) in [5, 5.41) is 10.1. The number of carbonyl (C=O) groups is 2. The molecule has 0 aliphatic rings. The number of nitro groups is 1. The highest BCUT2D eigenvalue weighted by atomic mass is 16.6. The molecule has 0 aromatic rings. The van der Waals surface area contributed by atoms with Gasteiger partial charge in [-0.05, 0) is 0 Å². The standard InChI is InChI=1S/C7H11NO6/c1-13-6(9)3-5(4-8(11)12)7(10)14-2/h5H,3-4H2,1-2H3. The molecule has 1 atom stereocenters. The molecule has 0 aliphatic heterocycles. The Morgan fingerprint density at radius 2 is 1.93 bits per heavy atom. The maximum Gasteiger partial charge on any atom is 0.315 e. The first-order valence-electron chi connectivity index (χ1n) is 3.77. The SMILES string of the molecule is COC(=O)CC(C[N+](=O)[O-])C(=O)OC. The maximum atomic E-state index is 11.0. The summed E-state index contributed by atoms with van der Waals surface area (Å²) in [6.45, 7) is -0.637. The van der Waals surface area contributed by atoms with Gasteiger partial charge in [0.1, 0.15) is 5.92 Å². The summed E-state index contributed by atoms with van der Waals surface area (Å²) in [6.07, 6.45) is -0.343. The van der Waals surface area contributed by atoms with E-state index < -0.39 is 29.3 Å². The first-order valence-corrected chi connectivity index (χ1v) is 3.77. The van der Waals surface area contributed by atoms with Crippen molar-refractivity contribution in [2.75, 3.05) is 20.8 Å². The predicted molar refractivity (Wildman–Crippen MR) is 44.0 cm³/mol. The normalized spacial score (nSPS) is 11.6. The Labute approximate surface area is 80.1 Å². The van der Waals surface area contributed by atoms with Crippen LogP contribution in [0.2, 0.25) is 0 Å². The molecule has 0 N–H and O–H groups in total. The van der Waals surface area contributed by atoms with Gasteiger partial charge in [-0.1, -0.05) is 0 Å². The van der Waals surface area contributed by atoms with E-state index in [4.69, 9.17) is 0 Å². The third-order valence-corrected chi connectivity index (χ3v) is 1.54. The Kier molecular flexibility index (Phi) is 5.20. The highest BCUT2D eigenvalue weighted by Gasteiger charge is 2.28. The topological polar surface area (TPSA) is 95.7 Å². The quantitative estimate of drug-likeness (QED) is 0.344. The molecule has 0 rings (SSSR count). The van der Waals surface area contributed by atoms with Crippen LogP contribution in [0, 0.1) is 16.0 Å². The average Bonchev–Trinajstić information content (AvgIpc) is 2.14. The number of esters is 2. The van der Waals surface area contributed by atoms with Crippen LogP contribution in [0.1, 0.15) is 6.42 Å². The molecular weight excluding hydrogens is 194 g/mol. The lowest BCUT2D eigenvalue weighted by Crippen LogP contribution is -2.27. The fraction of sp³-hybridized carbons (Fsp3) is 0.714.